The number of anilines is 1. The monoisotopic (exact) mass is 285 g/mol. The van der Waals surface area contributed by atoms with E-state index in [-0.39, 0.29) is 5.91 Å². The van der Waals surface area contributed by atoms with Crippen LogP contribution in [0.1, 0.15) is 13.3 Å². The van der Waals surface area contributed by atoms with Gasteiger partial charge in [0, 0.05) is 45.0 Å². The molecule has 0 bridgehead atoms. The summed E-state index contributed by atoms with van der Waals surface area (Å²) in [6.45, 7) is 5.04. The molecule has 0 radical (unpaired) electrons. The fourth-order valence-electron chi connectivity index (χ4n) is 2.52. The van der Waals surface area contributed by atoms with Gasteiger partial charge in [0.05, 0.1) is 0 Å². The van der Waals surface area contributed by atoms with Crippen molar-refractivity contribution in [3.63, 3.8) is 0 Å². The molecule has 6 nitrogen and oxygen atoms in total. The Labute approximate surface area is 124 Å². The van der Waals surface area contributed by atoms with E-state index in [2.05, 4.69) is 15.1 Å². The second kappa shape index (κ2) is 5.95. The van der Waals surface area contributed by atoms with Gasteiger partial charge < -0.3 is 14.4 Å². The van der Waals surface area contributed by atoms with E-state index in [1.165, 1.54) is 0 Å². The molecule has 2 aromatic rings. The number of hydrogen-bond donors (Lipinski definition) is 0. The number of rotatable bonds is 3. The summed E-state index contributed by atoms with van der Waals surface area (Å²) in [6, 6.07) is 7.87. The summed E-state index contributed by atoms with van der Waals surface area (Å²) >= 11 is 0. The molecule has 1 aliphatic heterocycles. The largest absolute Gasteiger partial charge is 0.352 e. The van der Waals surface area contributed by atoms with Crippen LogP contribution < -0.4 is 4.90 Å². The van der Waals surface area contributed by atoms with Crippen LogP contribution in [-0.4, -0.2) is 51.8 Å². The van der Waals surface area contributed by atoms with Gasteiger partial charge in [0.1, 0.15) is 0 Å². The predicted octanol–water partition coefficient (Wildman–Crippen LogP) is 1.33. The lowest BCUT2D eigenvalue weighted by molar-refractivity contribution is -0.131. The average Bonchev–Trinajstić information content (AvgIpc) is 3.09. The Hall–Kier alpha value is -2.37. The minimum atomic E-state index is 0.226. The lowest BCUT2D eigenvalue weighted by Gasteiger charge is -2.35. The van der Waals surface area contributed by atoms with Crippen molar-refractivity contribution in [3.8, 4) is 5.82 Å². The molecule has 1 amide bonds. The Kier molecular flexibility index (Phi) is 3.85. The maximum absolute atomic E-state index is 11.7. The van der Waals surface area contributed by atoms with Crippen molar-refractivity contribution >= 4 is 11.7 Å². The SMILES string of the molecule is CCC(=O)N1CCN(c2ccc(-n3cccc3)nn2)CC1. The van der Waals surface area contributed by atoms with Crippen LogP contribution in [0.4, 0.5) is 5.82 Å². The highest BCUT2D eigenvalue weighted by molar-refractivity contribution is 5.76. The maximum Gasteiger partial charge on any atom is 0.222 e. The molecule has 1 aliphatic rings. The molecule has 0 saturated carbocycles. The van der Waals surface area contributed by atoms with Crippen molar-refractivity contribution in [2.75, 3.05) is 31.1 Å². The molecule has 0 spiro atoms. The third kappa shape index (κ3) is 2.89. The number of carbonyl (C=O) groups is 1. The third-order valence-corrected chi connectivity index (χ3v) is 3.76. The van der Waals surface area contributed by atoms with Gasteiger partial charge in [-0.3, -0.25) is 4.79 Å². The molecule has 6 heteroatoms. The van der Waals surface area contributed by atoms with E-state index in [1.807, 2.05) is 53.0 Å². The van der Waals surface area contributed by atoms with Crippen LogP contribution in [0.15, 0.2) is 36.7 Å². The molecule has 1 fully saturated rings. The van der Waals surface area contributed by atoms with Gasteiger partial charge >= 0.3 is 0 Å². The average molecular weight is 285 g/mol. The van der Waals surface area contributed by atoms with E-state index < -0.39 is 0 Å². The Morgan fingerprint density at radius 1 is 1.05 bits per heavy atom. The van der Waals surface area contributed by atoms with Gasteiger partial charge in [-0.05, 0) is 24.3 Å². The second-order valence-electron chi connectivity index (χ2n) is 5.06. The van der Waals surface area contributed by atoms with Crippen LogP contribution in [0.3, 0.4) is 0 Å². The summed E-state index contributed by atoms with van der Waals surface area (Å²) in [6.07, 6.45) is 4.46. The standard InChI is InChI=1S/C15H19N5O/c1-2-15(21)20-11-9-19(10-12-20)14-6-5-13(16-17-14)18-7-3-4-8-18/h3-8H,2,9-12H2,1H3. The second-order valence-corrected chi connectivity index (χ2v) is 5.06. The van der Waals surface area contributed by atoms with Crippen molar-refractivity contribution in [1.82, 2.24) is 19.7 Å². The van der Waals surface area contributed by atoms with E-state index in [0.29, 0.717) is 6.42 Å². The lowest BCUT2D eigenvalue weighted by Crippen LogP contribution is -2.48. The van der Waals surface area contributed by atoms with Crippen molar-refractivity contribution in [2.24, 2.45) is 0 Å². The van der Waals surface area contributed by atoms with Crippen LogP contribution in [0.2, 0.25) is 0 Å². The van der Waals surface area contributed by atoms with Gasteiger partial charge in [-0.15, -0.1) is 10.2 Å². The third-order valence-electron chi connectivity index (χ3n) is 3.76. The van der Waals surface area contributed by atoms with Crippen LogP contribution in [0.5, 0.6) is 0 Å². The highest BCUT2D eigenvalue weighted by atomic mass is 16.2. The number of hydrogen-bond acceptors (Lipinski definition) is 4. The van der Waals surface area contributed by atoms with Gasteiger partial charge in [-0.2, -0.15) is 0 Å². The summed E-state index contributed by atoms with van der Waals surface area (Å²) in [5.74, 6) is 1.90. The molecular weight excluding hydrogens is 266 g/mol. The van der Waals surface area contributed by atoms with Crippen molar-refractivity contribution in [2.45, 2.75) is 13.3 Å². The summed E-state index contributed by atoms with van der Waals surface area (Å²) < 4.78 is 1.93. The Morgan fingerprint density at radius 3 is 2.24 bits per heavy atom. The fourth-order valence-corrected chi connectivity index (χ4v) is 2.52. The highest BCUT2D eigenvalue weighted by Gasteiger charge is 2.20. The topological polar surface area (TPSA) is 54.3 Å². The zero-order valence-electron chi connectivity index (χ0n) is 12.1. The summed E-state index contributed by atoms with van der Waals surface area (Å²) in [7, 11) is 0. The lowest BCUT2D eigenvalue weighted by atomic mass is 10.3. The van der Waals surface area contributed by atoms with Gasteiger partial charge in [0.2, 0.25) is 5.91 Å². The zero-order valence-corrected chi connectivity index (χ0v) is 12.1. The molecule has 110 valence electrons. The van der Waals surface area contributed by atoms with Crippen LogP contribution in [0, 0.1) is 0 Å². The van der Waals surface area contributed by atoms with Gasteiger partial charge in [0.25, 0.3) is 0 Å². The first-order valence-corrected chi connectivity index (χ1v) is 7.27. The Balaban J connectivity index is 1.65. The van der Waals surface area contributed by atoms with Crippen molar-refractivity contribution < 1.29 is 4.79 Å². The molecule has 1 saturated heterocycles. The van der Waals surface area contributed by atoms with Crippen LogP contribution >= 0.6 is 0 Å². The number of nitrogens with zero attached hydrogens (tertiary/aromatic N) is 5. The van der Waals surface area contributed by atoms with E-state index in [1.54, 1.807) is 0 Å². The smallest absolute Gasteiger partial charge is 0.222 e. The van der Waals surface area contributed by atoms with Gasteiger partial charge in [-0.25, -0.2) is 0 Å². The molecule has 0 aliphatic carbocycles. The van der Waals surface area contributed by atoms with Gasteiger partial charge in [-0.1, -0.05) is 6.92 Å². The van der Waals surface area contributed by atoms with Crippen LogP contribution in [-0.2, 0) is 4.79 Å². The van der Waals surface area contributed by atoms with Crippen molar-refractivity contribution in [3.05, 3.63) is 36.7 Å². The Morgan fingerprint density at radius 2 is 1.67 bits per heavy atom. The molecule has 3 rings (SSSR count). The fraction of sp³-hybridized carbons (Fsp3) is 0.400. The Bertz CT molecular complexity index is 585. The molecule has 0 atom stereocenters. The minimum Gasteiger partial charge on any atom is -0.352 e. The molecule has 3 heterocycles. The minimum absolute atomic E-state index is 0.226. The number of piperazine rings is 1. The molecule has 0 unspecified atom stereocenters. The maximum atomic E-state index is 11.7. The molecule has 0 aromatic carbocycles. The van der Waals surface area contributed by atoms with E-state index >= 15 is 0 Å². The number of amides is 1. The number of carbonyl (C=O) groups excluding carboxylic acids is 1. The highest BCUT2D eigenvalue weighted by Crippen LogP contribution is 2.14. The van der Waals surface area contributed by atoms with E-state index in [9.17, 15) is 4.79 Å². The quantitative estimate of drug-likeness (QED) is 0.853. The zero-order chi connectivity index (χ0) is 14.7. The molecular formula is C15H19N5O. The number of aromatic nitrogens is 3. The summed E-state index contributed by atoms with van der Waals surface area (Å²) in [4.78, 5) is 15.8. The molecule has 2 aromatic heterocycles. The van der Waals surface area contributed by atoms with Crippen molar-refractivity contribution in [1.29, 1.82) is 0 Å². The molecule has 0 N–H and O–H groups in total. The van der Waals surface area contributed by atoms with Gasteiger partial charge in [0.15, 0.2) is 11.6 Å². The first-order valence-electron chi connectivity index (χ1n) is 7.27. The van der Waals surface area contributed by atoms with E-state index in [4.69, 9.17) is 0 Å². The van der Waals surface area contributed by atoms with Crippen LogP contribution in [0.25, 0.3) is 5.82 Å². The summed E-state index contributed by atoms with van der Waals surface area (Å²) in [5.41, 5.74) is 0. The predicted molar refractivity (Wildman–Crippen MR) is 80.4 cm³/mol. The normalized spacial score (nSPS) is 15.3. The molecule has 21 heavy (non-hydrogen) atoms. The first kappa shape index (κ1) is 13.6. The first-order chi connectivity index (χ1) is 10.3. The van der Waals surface area contributed by atoms with E-state index in [0.717, 1.165) is 37.8 Å². The summed E-state index contributed by atoms with van der Waals surface area (Å²) in [5, 5.41) is 8.56.